The first-order valence-corrected chi connectivity index (χ1v) is 10.1. The maximum atomic E-state index is 12.7. The zero-order valence-corrected chi connectivity index (χ0v) is 19.7. The van der Waals surface area contributed by atoms with Crippen molar-refractivity contribution in [1.82, 2.24) is 0 Å². The van der Waals surface area contributed by atoms with Gasteiger partial charge in [0, 0.05) is 52.0 Å². The monoisotopic (exact) mass is 490 g/mol. The molecule has 32 heavy (non-hydrogen) atoms. The van der Waals surface area contributed by atoms with Gasteiger partial charge in [0.25, 0.3) is 0 Å². The minimum Gasteiger partial charge on any atom is -0.354 e. The Hall–Kier alpha value is -1.94. The fraction of sp³-hybridized carbons (Fsp3) is 0.364. The second-order valence-electron chi connectivity index (χ2n) is 6.12. The van der Waals surface area contributed by atoms with Crippen LogP contribution >= 0.6 is 23.2 Å². The molecule has 0 aliphatic rings. The number of rotatable bonds is 10. The van der Waals surface area contributed by atoms with E-state index < -0.39 is 0 Å². The molecular weight excluding hydrogens is 465 g/mol. The summed E-state index contributed by atoms with van der Waals surface area (Å²) in [5.41, 5.74) is 1.32. The molecule has 0 bridgehead atoms. The number of hydrogen-bond acceptors (Lipinski definition) is 6. The Morgan fingerprint density at radius 1 is 0.719 bits per heavy atom. The number of methoxy groups -OCH3 is 4. The van der Waals surface area contributed by atoms with Crippen molar-refractivity contribution in [2.24, 2.45) is 9.98 Å². The van der Waals surface area contributed by atoms with Crippen LogP contribution in [0.25, 0.3) is 0 Å². The average Bonchev–Trinajstić information content (AvgIpc) is 2.77. The number of ether oxygens (including phenoxy) is 4. The van der Waals surface area contributed by atoms with Crippen molar-refractivity contribution in [3.63, 3.8) is 0 Å². The van der Waals surface area contributed by atoms with Gasteiger partial charge < -0.3 is 18.9 Å². The summed E-state index contributed by atoms with van der Waals surface area (Å²) in [6.07, 6.45) is 2.37. The summed E-state index contributed by atoms with van der Waals surface area (Å²) in [6.45, 7) is 0.724. The van der Waals surface area contributed by atoms with Gasteiger partial charge >= 0.3 is 0 Å². The molecule has 0 aromatic heterocycles. The van der Waals surface area contributed by atoms with Crippen molar-refractivity contribution in [1.29, 1.82) is 0 Å². The van der Waals surface area contributed by atoms with E-state index in [0.29, 0.717) is 34.3 Å². The highest BCUT2D eigenvalue weighted by Gasteiger charge is 2.04. The van der Waals surface area contributed by atoms with Crippen LogP contribution in [0.4, 0.5) is 8.78 Å². The lowest BCUT2D eigenvalue weighted by Crippen LogP contribution is -2.16. The highest BCUT2D eigenvalue weighted by molar-refractivity contribution is 6.33. The molecule has 0 aliphatic heterocycles. The van der Waals surface area contributed by atoms with Crippen molar-refractivity contribution < 1.29 is 27.7 Å². The van der Waals surface area contributed by atoms with E-state index in [1.807, 2.05) is 0 Å². The lowest BCUT2D eigenvalue weighted by Gasteiger charge is -2.09. The summed E-state index contributed by atoms with van der Waals surface area (Å²) >= 11 is 11.6. The van der Waals surface area contributed by atoms with Crippen LogP contribution in [0.15, 0.2) is 46.4 Å². The first-order chi connectivity index (χ1) is 15.3. The zero-order valence-electron chi connectivity index (χ0n) is 18.2. The van der Waals surface area contributed by atoms with Crippen LogP contribution in [-0.4, -0.2) is 66.5 Å². The molecule has 6 nitrogen and oxygen atoms in total. The molecule has 2 aromatic rings. The van der Waals surface area contributed by atoms with E-state index in [2.05, 4.69) is 9.98 Å². The Morgan fingerprint density at radius 2 is 1.06 bits per heavy atom. The van der Waals surface area contributed by atoms with Crippen LogP contribution in [0.1, 0.15) is 11.1 Å². The lowest BCUT2D eigenvalue weighted by atomic mass is 10.2. The summed E-state index contributed by atoms with van der Waals surface area (Å²) in [6, 6.07) is 8.28. The Labute approximate surface area is 196 Å². The molecule has 0 fully saturated rings. The molecule has 0 N–H and O–H groups in total. The quantitative estimate of drug-likeness (QED) is 0.346. The Balaban J connectivity index is 0.000000320. The number of hydrogen-bond donors (Lipinski definition) is 0. The Bertz CT molecular complexity index is 806. The predicted molar refractivity (Wildman–Crippen MR) is 123 cm³/mol. The van der Waals surface area contributed by atoms with E-state index in [9.17, 15) is 8.78 Å². The second kappa shape index (κ2) is 15.8. The van der Waals surface area contributed by atoms with E-state index in [0.717, 1.165) is 0 Å². The molecule has 0 radical (unpaired) electrons. The molecule has 0 saturated heterocycles. The van der Waals surface area contributed by atoms with Crippen LogP contribution in [0, 0.1) is 11.6 Å². The molecule has 0 aliphatic carbocycles. The topological polar surface area (TPSA) is 61.6 Å². The van der Waals surface area contributed by atoms with Gasteiger partial charge in [-0.2, -0.15) is 0 Å². The van der Waals surface area contributed by atoms with Gasteiger partial charge in [0.1, 0.15) is 11.6 Å². The molecular formula is C22H26Cl2F2N2O4. The van der Waals surface area contributed by atoms with Crippen molar-refractivity contribution in [2.75, 3.05) is 41.5 Å². The maximum Gasteiger partial charge on any atom is 0.176 e. The number of aliphatic imine (C=N–C) groups is 2. The average molecular weight is 491 g/mol. The highest BCUT2D eigenvalue weighted by atomic mass is 35.5. The van der Waals surface area contributed by atoms with Crippen LogP contribution in [0.3, 0.4) is 0 Å². The molecule has 0 amide bonds. The third-order valence-corrected chi connectivity index (χ3v) is 4.60. The Kier molecular flexibility index (Phi) is 13.9. The molecule has 176 valence electrons. The number of nitrogens with zero attached hydrogens (tertiary/aromatic N) is 2. The molecule has 2 rings (SSSR count). The van der Waals surface area contributed by atoms with Gasteiger partial charge in [0.2, 0.25) is 0 Å². The van der Waals surface area contributed by atoms with Gasteiger partial charge in [0.15, 0.2) is 12.6 Å². The molecule has 10 heteroatoms. The summed E-state index contributed by atoms with van der Waals surface area (Å²) in [4.78, 5) is 8.18. The van der Waals surface area contributed by atoms with Gasteiger partial charge in [-0.25, -0.2) is 8.78 Å². The van der Waals surface area contributed by atoms with Gasteiger partial charge in [-0.05, 0) is 36.4 Å². The number of benzene rings is 2. The van der Waals surface area contributed by atoms with E-state index in [1.54, 1.807) is 24.6 Å². The highest BCUT2D eigenvalue weighted by Crippen LogP contribution is 2.16. The second-order valence-corrected chi connectivity index (χ2v) is 6.94. The molecule has 0 heterocycles. The van der Waals surface area contributed by atoms with Crippen molar-refractivity contribution in [3.05, 3.63) is 69.2 Å². The summed E-state index contributed by atoms with van der Waals surface area (Å²) in [5.74, 6) is -0.734. The Morgan fingerprint density at radius 3 is 1.34 bits per heavy atom. The van der Waals surface area contributed by atoms with Crippen molar-refractivity contribution in [2.45, 2.75) is 12.6 Å². The largest absolute Gasteiger partial charge is 0.354 e. The SMILES string of the molecule is COC(CN=Cc1ccc(F)cc1Cl)OC.COC(CN=Cc1ccc(F)cc1Cl)OC. The van der Waals surface area contributed by atoms with Gasteiger partial charge in [-0.3, -0.25) is 9.98 Å². The third kappa shape index (κ3) is 10.6. The lowest BCUT2D eigenvalue weighted by molar-refractivity contribution is -0.0937. The van der Waals surface area contributed by atoms with E-state index in [-0.39, 0.29) is 24.2 Å². The minimum absolute atomic E-state index is 0.329. The molecule has 2 aromatic carbocycles. The fourth-order valence-electron chi connectivity index (χ4n) is 2.18. The van der Waals surface area contributed by atoms with Gasteiger partial charge in [0.05, 0.1) is 23.1 Å². The molecule has 0 atom stereocenters. The smallest absolute Gasteiger partial charge is 0.176 e. The fourth-order valence-corrected chi connectivity index (χ4v) is 2.61. The van der Waals surface area contributed by atoms with Crippen LogP contribution < -0.4 is 0 Å². The van der Waals surface area contributed by atoms with Crippen LogP contribution in [0.2, 0.25) is 10.0 Å². The summed E-state index contributed by atoms with van der Waals surface area (Å²) in [5, 5.41) is 0.658. The number of halogens is 4. The van der Waals surface area contributed by atoms with Gasteiger partial charge in [-0.15, -0.1) is 0 Å². The molecule has 0 spiro atoms. The minimum atomic E-state index is -0.379. The third-order valence-electron chi connectivity index (χ3n) is 3.95. The molecule has 0 unspecified atom stereocenters. The van der Waals surface area contributed by atoms with Crippen LogP contribution in [0.5, 0.6) is 0 Å². The van der Waals surface area contributed by atoms with Crippen molar-refractivity contribution in [3.8, 4) is 0 Å². The van der Waals surface area contributed by atoms with Gasteiger partial charge in [-0.1, -0.05) is 23.2 Å². The van der Waals surface area contributed by atoms with E-state index in [1.165, 1.54) is 52.7 Å². The zero-order chi connectivity index (χ0) is 23.9. The summed E-state index contributed by atoms with van der Waals surface area (Å²) < 4.78 is 45.3. The van der Waals surface area contributed by atoms with Crippen LogP contribution in [-0.2, 0) is 18.9 Å². The first-order valence-electron chi connectivity index (χ1n) is 9.35. The normalized spacial score (nSPS) is 11.6. The predicted octanol–water partition coefficient (Wildman–Crippen LogP) is 5.03. The summed E-state index contributed by atoms with van der Waals surface area (Å²) in [7, 11) is 6.15. The first kappa shape index (κ1) is 28.1. The maximum absolute atomic E-state index is 12.7. The molecule has 0 saturated carbocycles. The standard InChI is InChI=1S/2C11H13ClFNO2/c2*1-15-11(16-2)7-14-6-8-3-4-9(13)5-10(8)12/h2*3-6,11H,7H2,1-2H3. The van der Waals surface area contributed by atoms with E-state index >= 15 is 0 Å². The van der Waals surface area contributed by atoms with E-state index in [4.69, 9.17) is 42.1 Å². The van der Waals surface area contributed by atoms with Crippen molar-refractivity contribution >= 4 is 35.6 Å².